The SMILES string of the molecule is O=C(CCc1cccc(Cl)c1)Nc1ccncc1. The molecule has 0 spiro atoms. The molecule has 0 aliphatic rings. The maximum atomic E-state index is 11.7. The molecule has 92 valence electrons. The molecule has 2 aromatic rings. The molecule has 0 radical (unpaired) electrons. The number of amides is 1. The van der Waals surface area contributed by atoms with Crippen LogP contribution in [0.3, 0.4) is 0 Å². The van der Waals surface area contributed by atoms with Crippen molar-refractivity contribution in [1.82, 2.24) is 4.98 Å². The van der Waals surface area contributed by atoms with E-state index in [-0.39, 0.29) is 5.91 Å². The summed E-state index contributed by atoms with van der Waals surface area (Å²) in [5.41, 5.74) is 1.83. The van der Waals surface area contributed by atoms with Crippen LogP contribution < -0.4 is 5.32 Å². The summed E-state index contributed by atoms with van der Waals surface area (Å²) >= 11 is 5.88. The molecular weight excluding hydrogens is 248 g/mol. The molecule has 1 N–H and O–H groups in total. The molecule has 1 amide bonds. The third kappa shape index (κ3) is 3.86. The molecule has 0 atom stereocenters. The number of anilines is 1. The van der Waals surface area contributed by atoms with Crippen LogP contribution in [0.2, 0.25) is 5.02 Å². The van der Waals surface area contributed by atoms with E-state index in [2.05, 4.69) is 10.3 Å². The summed E-state index contributed by atoms with van der Waals surface area (Å²) in [6.07, 6.45) is 4.40. The summed E-state index contributed by atoms with van der Waals surface area (Å²) in [6, 6.07) is 11.1. The van der Waals surface area contributed by atoms with Gasteiger partial charge in [0.1, 0.15) is 0 Å². The number of rotatable bonds is 4. The van der Waals surface area contributed by atoms with Gasteiger partial charge in [-0.1, -0.05) is 23.7 Å². The Bertz CT molecular complexity index is 528. The van der Waals surface area contributed by atoms with Crippen LogP contribution in [0.4, 0.5) is 5.69 Å². The number of hydrogen-bond acceptors (Lipinski definition) is 2. The second kappa shape index (κ2) is 6.17. The Hall–Kier alpha value is -1.87. The molecule has 0 bridgehead atoms. The highest BCUT2D eigenvalue weighted by Gasteiger charge is 2.03. The van der Waals surface area contributed by atoms with Crippen molar-refractivity contribution >= 4 is 23.2 Å². The van der Waals surface area contributed by atoms with E-state index in [4.69, 9.17) is 11.6 Å². The van der Waals surface area contributed by atoms with E-state index in [9.17, 15) is 4.79 Å². The van der Waals surface area contributed by atoms with E-state index in [1.165, 1.54) is 0 Å². The maximum absolute atomic E-state index is 11.7. The minimum absolute atomic E-state index is 0.0128. The lowest BCUT2D eigenvalue weighted by atomic mass is 10.1. The Morgan fingerprint density at radius 3 is 2.72 bits per heavy atom. The highest BCUT2D eigenvalue weighted by atomic mass is 35.5. The smallest absolute Gasteiger partial charge is 0.224 e. The van der Waals surface area contributed by atoms with Gasteiger partial charge in [0, 0.05) is 29.5 Å². The minimum Gasteiger partial charge on any atom is -0.326 e. The summed E-state index contributed by atoms with van der Waals surface area (Å²) in [6.45, 7) is 0. The number of nitrogens with zero attached hydrogens (tertiary/aromatic N) is 1. The highest BCUT2D eigenvalue weighted by Crippen LogP contribution is 2.12. The van der Waals surface area contributed by atoms with Gasteiger partial charge in [-0.25, -0.2) is 0 Å². The zero-order valence-corrected chi connectivity index (χ0v) is 10.5. The van der Waals surface area contributed by atoms with Gasteiger partial charge in [-0.15, -0.1) is 0 Å². The third-order valence-corrected chi connectivity index (χ3v) is 2.73. The molecule has 3 nitrogen and oxygen atoms in total. The molecule has 0 fully saturated rings. The number of pyridine rings is 1. The largest absolute Gasteiger partial charge is 0.326 e. The molecule has 0 saturated heterocycles. The molecule has 1 aromatic heterocycles. The number of hydrogen-bond donors (Lipinski definition) is 1. The van der Waals surface area contributed by atoms with Crippen LogP contribution in [0, 0.1) is 0 Å². The van der Waals surface area contributed by atoms with E-state index in [0.717, 1.165) is 11.3 Å². The Morgan fingerprint density at radius 2 is 2.00 bits per heavy atom. The molecule has 0 saturated carbocycles. The van der Waals surface area contributed by atoms with Gasteiger partial charge in [-0.05, 0) is 36.2 Å². The van der Waals surface area contributed by atoms with E-state index in [1.54, 1.807) is 24.5 Å². The second-order valence-corrected chi connectivity index (χ2v) is 4.35. The van der Waals surface area contributed by atoms with Crippen molar-refractivity contribution in [2.75, 3.05) is 5.32 Å². The van der Waals surface area contributed by atoms with Gasteiger partial charge in [0.15, 0.2) is 0 Å². The van der Waals surface area contributed by atoms with Crippen LogP contribution in [0.1, 0.15) is 12.0 Å². The average Bonchev–Trinajstić information content (AvgIpc) is 2.38. The van der Waals surface area contributed by atoms with Gasteiger partial charge >= 0.3 is 0 Å². The molecule has 1 aromatic carbocycles. The summed E-state index contributed by atoms with van der Waals surface area (Å²) < 4.78 is 0. The van der Waals surface area contributed by atoms with Crippen molar-refractivity contribution in [2.24, 2.45) is 0 Å². The number of aryl methyl sites for hydroxylation is 1. The van der Waals surface area contributed by atoms with E-state index >= 15 is 0 Å². The Morgan fingerprint density at radius 1 is 1.22 bits per heavy atom. The van der Waals surface area contributed by atoms with Gasteiger partial charge in [0.05, 0.1) is 0 Å². The first kappa shape index (κ1) is 12.6. The lowest BCUT2D eigenvalue weighted by Gasteiger charge is -2.05. The zero-order valence-electron chi connectivity index (χ0n) is 9.77. The third-order valence-electron chi connectivity index (χ3n) is 2.49. The minimum atomic E-state index is -0.0128. The van der Waals surface area contributed by atoms with E-state index in [1.807, 2.05) is 24.3 Å². The second-order valence-electron chi connectivity index (χ2n) is 3.91. The summed E-state index contributed by atoms with van der Waals surface area (Å²) in [5.74, 6) is -0.0128. The van der Waals surface area contributed by atoms with Crippen LogP contribution in [0.5, 0.6) is 0 Å². The molecule has 0 aliphatic heterocycles. The van der Waals surface area contributed by atoms with Crippen LogP contribution in [0.15, 0.2) is 48.8 Å². The van der Waals surface area contributed by atoms with Gasteiger partial charge in [-0.3, -0.25) is 9.78 Å². The van der Waals surface area contributed by atoms with Gasteiger partial charge in [0.25, 0.3) is 0 Å². The predicted molar refractivity (Wildman–Crippen MR) is 72.6 cm³/mol. The zero-order chi connectivity index (χ0) is 12.8. The Balaban J connectivity index is 1.85. The van der Waals surface area contributed by atoms with Crippen LogP contribution in [0.25, 0.3) is 0 Å². The van der Waals surface area contributed by atoms with E-state index < -0.39 is 0 Å². The quantitative estimate of drug-likeness (QED) is 0.916. The molecule has 0 unspecified atom stereocenters. The summed E-state index contributed by atoms with van der Waals surface area (Å²) in [7, 11) is 0. The monoisotopic (exact) mass is 260 g/mol. The summed E-state index contributed by atoms with van der Waals surface area (Å²) in [5, 5.41) is 3.51. The molecular formula is C14H13ClN2O. The first-order valence-electron chi connectivity index (χ1n) is 5.68. The summed E-state index contributed by atoms with van der Waals surface area (Å²) in [4.78, 5) is 15.6. The fourth-order valence-corrected chi connectivity index (χ4v) is 1.82. The van der Waals surface area contributed by atoms with Crippen LogP contribution >= 0.6 is 11.6 Å². The Labute approximate surface area is 111 Å². The number of aromatic nitrogens is 1. The maximum Gasteiger partial charge on any atom is 0.224 e. The van der Waals surface area contributed by atoms with Gasteiger partial charge < -0.3 is 5.32 Å². The van der Waals surface area contributed by atoms with Gasteiger partial charge in [0.2, 0.25) is 5.91 Å². The van der Waals surface area contributed by atoms with Crippen LogP contribution in [-0.2, 0) is 11.2 Å². The number of halogens is 1. The fourth-order valence-electron chi connectivity index (χ4n) is 1.61. The Kier molecular flexibility index (Phi) is 4.31. The van der Waals surface area contributed by atoms with Crippen molar-refractivity contribution in [3.8, 4) is 0 Å². The molecule has 0 aliphatic carbocycles. The van der Waals surface area contributed by atoms with Crippen molar-refractivity contribution in [1.29, 1.82) is 0 Å². The lowest BCUT2D eigenvalue weighted by Crippen LogP contribution is -2.12. The fraction of sp³-hybridized carbons (Fsp3) is 0.143. The van der Waals surface area contributed by atoms with E-state index in [0.29, 0.717) is 17.9 Å². The van der Waals surface area contributed by atoms with Gasteiger partial charge in [-0.2, -0.15) is 0 Å². The standard InChI is InChI=1S/C14H13ClN2O/c15-12-3-1-2-11(10-12)4-5-14(18)17-13-6-8-16-9-7-13/h1-3,6-10H,4-5H2,(H,16,17,18). The van der Waals surface area contributed by atoms with Crippen molar-refractivity contribution in [3.63, 3.8) is 0 Å². The number of benzene rings is 1. The highest BCUT2D eigenvalue weighted by molar-refractivity contribution is 6.30. The number of carbonyl (C=O) groups is 1. The first-order valence-corrected chi connectivity index (χ1v) is 6.06. The normalized spacial score (nSPS) is 10.1. The molecule has 2 rings (SSSR count). The molecule has 4 heteroatoms. The number of nitrogens with one attached hydrogen (secondary N) is 1. The first-order chi connectivity index (χ1) is 8.74. The molecule has 18 heavy (non-hydrogen) atoms. The average molecular weight is 261 g/mol. The molecule has 1 heterocycles. The van der Waals surface area contributed by atoms with Crippen molar-refractivity contribution < 1.29 is 4.79 Å². The van der Waals surface area contributed by atoms with Crippen molar-refractivity contribution in [2.45, 2.75) is 12.8 Å². The van der Waals surface area contributed by atoms with Crippen molar-refractivity contribution in [3.05, 3.63) is 59.4 Å². The van der Waals surface area contributed by atoms with Crippen LogP contribution in [-0.4, -0.2) is 10.9 Å². The topological polar surface area (TPSA) is 42.0 Å². The predicted octanol–water partition coefficient (Wildman–Crippen LogP) is 3.31. The number of carbonyl (C=O) groups excluding carboxylic acids is 1. The lowest BCUT2D eigenvalue weighted by molar-refractivity contribution is -0.116.